The van der Waals surface area contributed by atoms with Crippen molar-refractivity contribution in [2.24, 2.45) is 5.92 Å². The maximum atomic E-state index is 14.2. The van der Waals surface area contributed by atoms with Gasteiger partial charge in [0.2, 0.25) is 5.82 Å². The van der Waals surface area contributed by atoms with Gasteiger partial charge >= 0.3 is 0 Å². The maximum Gasteiger partial charge on any atom is 0.204 e. The molecule has 1 aliphatic rings. The summed E-state index contributed by atoms with van der Waals surface area (Å²) in [5, 5.41) is 16.0. The van der Waals surface area contributed by atoms with Crippen LogP contribution in [0.3, 0.4) is 0 Å². The highest BCUT2D eigenvalue weighted by Crippen LogP contribution is 2.43. The van der Waals surface area contributed by atoms with Gasteiger partial charge in [-0.3, -0.25) is 0 Å². The summed E-state index contributed by atoms with van der Waals surface area (Å²) in [6, 6.07) is 20.0. The quantitative estimate of drug-likeness (QED) is 0.432. The Balaban J connectivity index is 1.27. The van der Waals surface area contributed by atoms with Gasteiger partial charge in [0, 0.05) is 10.9 Å². The van der Waals surface area contributed by atoms with Gasteiger partial charge in [-0.25, -0.2) is 4.39 Å². The average molecular weight is 401 g/mol. The molecule has 0 amide bonds. The monoisotopic (exact) mass is 400 g/mol. The van der Waals surface area contributed by atoms with E-state index in [4.69, 9.17) is 0 Å². The second-order valence-corrected chi connectivity index (χ2v) is 8.55. The van der Waals surface area contributed by atoms with Crippen molar-refractivity contribution >= 4 is 10.8 Å². The Labute approximate surface area is 175 Å². The van der Waals surface area contributed by atoms with Crippen LogP contribution in [0, 0.1) is 11.7 Å². The Morgan fingerprint density at radius 2 is 1.80 bits per heavy atom. The van der Waals surface area contributed by atoms with Gasteiger partial charge in [0.25, 0.3) is 0 Å². The van der Waals surface area contributed by atoms with E-state index in [0.717, 1.165) is 22.8 Å². The fourth-order valence-corrected chi connectivity index (χ4v) is 5.12. The van der Waals surface area contributed by atoms with E-state index in [-0.39, 0.29) is 5.82 Å². The Kier molecular flexibility index (Phi) is 5.03. The van der Waals surface area contributed by atoms with Gasteiger partial charge in [0.05, 0.1) is 0 Å². The van der Waals surface area contributed by atoms with Gasteiger partial charge in [0.15, 0.2) is 0 Å². The highest BCUT2D eigenvalue weighted by molar-refractivity contribution is 5.86. The lowest BCUT2D eigenvalue weighted by Gasteiger charge is -2.19. The first-order chi connectivity index (χ1) is 14.7. The summed E-state index contributed by atoms with van der Waals surface area (Å²) in [6.07, 6.45) is 4.84. The zero-order chi connectivity index (χ0) is 20.5. The molecule has 1 fully saturated rings. The molecule has 30 heavy (non-hydrogen) atoms. The van der Waals surface area contributed by atoms with Crippen LogP contribution >= 0.6 is 0 Å². The van der Waals surface area contributed by atoms with Crippen LogP contribution in [0.4, 0.5) is 4.39 Å². The van der Waals surface area contributed by atoms with Crippen LogP contribution in [0.25, 0.3) is 22.2 Å². The average Bonchev–Trinajstić information content (AvgIpc) is 3.47. The second-order valence-electron chi connectivity index (χ2n) is 8.55. The van der Waals surface area contributed by atoms with E-state index in [1.165, 1.54) is 30.4 Å². The Morgan fingerprint density at radius 1 is 1.00 bits per heavy atom. The van der Waals surface area contributed by atoms with E-state index in [1.807, 2.05) is 30.3 Å². The summed E-state index contributed by atoms with van der Waals surface area (Å²) in [6.45, 7) is 2.28. The molecule has 1 aliphatic carbocycles. The molecular weight excluding hydrogens is 375 g/mol. The number of hydrogen-bond acceptors (Lipinski definition) is 3. The van der Waals surface area contributed by atoms with Crippen molar-refractivity contribution in [2.75, 3.05) is 0 Å². The number of fused-ring (bicyclic) bond motifs is 1. The van der Waals surface area contributed by atoms with Crippen LogP contribution in [-0.2, 0) is 0 Å². The van der Waals surface area contributed by atoms with Crippen LogP contribution in [0.1, 0.15) is 55.6 Å². The van der Waals surface area contributed by atoms with E-state index in [1.54, 1.807) is 6.07 Å². The molecule has 0 aliphatic heterocycles. The van der Waals surface area contributed by atoms with Crippen molar-refractivity contribution in [1.82, 2.24) is 20.6 Å². The van der Waals surface area contributed by atoms with Crippen LogP contribution in [0.2, 0.25) is 0 Å². The molecule has 1 N–H and O–H groups in total. The molecule has 5 rings (SSSR count). The predicted molar refractivity (Wildman–Crippen MR) is 117 cm³/mol. The second kappa shape index (κ2) is 7.98. The molecule has 1 aromatic heterocycles. The fourth-order valence-electron chi connectivity index (χ4n) is 5.12. The molecule has 1 heterocycles. The third kappa shape index (κ3) is 3.60. The topological polar surface area (TPSA) is 54.5 Å². The summed E-state index contributed by atoms with van der Waals surface area (Å²) in [7, 11) is 0. The van der Waals surface area contributed by atoms with Crippen molar-refractivity contribution in [3.63, 3.8) is 0 Å². The van der Waals surface area contributed by atoms with Gasteiger partial charge in [-0.05, 0) is 71.2 Å². The Hall–Kier alpha value is -3.08. The largest absolute Gasteiger partial charge is 0.206 e. The maximum absolute atomic E-state index is 14.2. The van der Waals surface area contributed by atoms with Crippen LogP contribution < -0.4 is 0 Å². The lowest BCUT2D eigenvalue weighted by atomic mass is 9.86. The van der Waals surface area contributed by atoms with Gasteiger partial charge < -0.3 is 0 Å². The molecule has 2 unspecified atom stereocenters. The highest BCUT2D eigenvalue weighted by Gasteiger charge is 2.28. The number of hydrogen-bond donors (Lipinski definition) is 1. The van der Waals surface area contributed by atoms with Crippen molar-refractivity contribution in [3.8, 4) is 11.4 Å². The van der Waals surface area contributed by atoms with Crippen LogP contribution in [-0.4, -0.2) is 20.6 Å². The number of nitrogens with zero attached hydrogens (tertiary/aromatic N) is 3. The molecule has 5 heteroatoms. The first-order valence-corrected chi connectivity index (χ1v) is 10.7. The highest BCUT2D eigenvalue weighted by atomic mass is 19.1. The molecule has 152 valence electrons. The molecular formula is C25H25FN4. The molecule has 1 saturated carbocycles. The third-order valence-corrected chi connectivity index (χ3v) is 6.65. The van der Waals surface area contributed by atoms with Gasteiger partial charge in [-0.2, -0.15) is 5.21 Å². The van der Waals surface area contributed by atoms with E-state index in [2.05, 4.69) is 51.8 Å². The number of benzene rings is 3. The summed E-state index contributed by atoms with van der Waals surface area (Å²) in [5.74, 6) is 2.22. The number of tetrazole rings is 1. The Morgan fingerprint density at radius 3 is 2.57 bits per heavy atom. The third-order valence-electron chi connectivity index (χ3n) is 6.65. The van der Waals surface area contributed by atoms with Gasteiger partial charge in [0.1, 0.15) is 5.82 Å². The fraction of sp³-hybridized carbons (Fsp3) is 0.320. The Bertz CT molecular complexity index is 1140. The number of rotatable bonds is 5. The van der Waals surface area contributed by atoms with Crippen molar-refractivity contribution in [2.45, 2.75) is 44.4 Å². The summed E-state index contributed by atoms with van der Waals surface area (Å²) in [4.78, 5) is 0. The van der Waals surface area contributed by atoms with Gasteiger partial charge in [-0.1, -0.05) is 61.5 Å². The lowest BCUT2D eigenvalue weighted by molar-refractivity contribution is 0.455. The first kappa shape index (κ1) is 18.9. The summed E-state index contributed by atoms with van der Waals surface area (Å²) >= 11 is 0. The van der Waals surface area contributed by atoms with Crippen LogP contribution in [0.15, 0.2) is 60.7 Å². The number of nitrogens with one attached hydrogen (secondary N) is 1. The minimum atomic E-state index is -0.133. The minimum Gasteiger partial charge on any atom is -0.206 e. The lowest BCUT2D eigenvalue weighted by Crippen LogP contribution is -2.04. The smallest absolute Gasteiger partial charge is 0.204 e. The summed E-state index contributed by atoms with van der Waals surface area (Å²) < 4.78 is 14.2. The van der Waals surface area contributed by atoms with Crippen molar-refractivity contribution in [1.29, 1.82) is 0 Å². The predicted octanol–water partition coefficient (Wildman–Crippen LogP) is 6.24. The standard InChI is InChI=1S/C25H25FN4/c1-16(21-12-13-24(26)23-5-3-2-4-22(21)23)14-17-6-7-20(15-17)18-8-10-19(11-9-18)25-27-29-30-28-25/h2-5,8-13,16-17,20H,6-7,14-15H2,1H3,(H,27,28,29,30)/t16-,17?,20?/m0/s1. The van der Waals surface area contributed by atoms with E-state index < -0.39 is 0 Å². The van der Waals surface area contributed by atoms with E-state index >= 15 is 0 Å². The molecule has 0 bridgehead atoms. The molecule has 4 nitrogen and oxygen atoms in total. The van der Waals surface area contributed by atoms with E-state index in [0.29, 0.717) is 23.6 Å². The summed E-state index contributed by atoms with van der Waals surface area (Å²) in [5.41, 5.74) is 3.64. The van der Waals surface area contributed by atoms with Gasteiger partial charge in [-0.15, -0.1) is 10.2 Å². The first-order valence-electron chi connectivity index (χ1n) is 10.7. The van der Waals surface area contributed by atoms with E-state index in [9.17, 15) is 4.39 Å². The van der Waals surface area contributed by atoms with Crippen molar-refractivity contribution in [3.05, 3.63) is 77.6 Å². The number of aromatic amines is 1. The minimum absolute atomic E-state index is 0.133. The molecule has 3 aromatic carbocycles. The number of halogens is 1. The van der Waals surface area contributed by atoms with Crippen molar-refractivity contribution < 1.29 is 4.39 Å². The zero-order valence-corrected chi connectivity index (χ0v) is 17.1. The zero-order valence-electron chi connectivity index (χ0n) is 17.1. The molecule has 4 aromatic rings. The molecule has 0 saturated heterocycles. The normalized spacial score (nSPS) is 19.9. The molecule has 0 radical (unpaired) electrons. The number of H-pyrrole nitrogens is 1. The van der Waals surface area contributed by atoms with Crippen LogP contribution in [0.5, 0.6) is 0 Å². The SMILES string of the molecule is C[C@@H](CC1CCC(c2ccc(-c3nn[nH]n3)cc2)C1)c1ccc(F)c2ccccc12. The number of aromatic nitrogens is 4. The molecule has 0 spiro atoms. The molecule has 3 atom stereocenters.